The summed E-state index contributed by atoms with van der Waals surface area (Å²) < 4.78 is 10.6. The average Bonchev–Trinajstić information content (AvgIpc) is 3.27. The van der Waals surface area contributed by atoms with Gasteiger partial charge in [0.05, 0.1) is 19.8 Å². The Morgan fingerprint density at radius 2 is 1.74 bits per heavy atom. The van der Waals surface area contributed by atoms with Crippen molar-refractivity contribution >= 4 is 18.0 Å². The van der Waals surface area contributed by atoms with Gasteiger partial charge < -0.3 is 29.5 Å². The zero-order valence-electron chi connectivity index (χ0n) is 19.2. The van der Waals surface area contributed by atoms with Crippen LogP contribution in [0.2, 0.25) is 0 Å². The summed E-state index contributed by atoms with van der Waals surface area (Å²) in [6.45, 7) is 9.06. The number of piperidine rings is 1. The van der Waals surface area contributed by atoms with Crippen molar-refractivity contribution in [3.05, 3.63) is 0 Å². The summed E-state index contributed by atoms with van der Waals surface area (Å²) in [5.41, 5.74) is 0. The molecule has 31 heavy (non-hydrogen) atoms. The highest BCUT2D eigenvalue weighted by molar-refractivity contribution is 5.85. The van der Waals surface area contributed by atoms with Crippen LogP contribution >= 0.6 is 0 Å². The highest BCUT2D eigenvalue weighted by atomic mass is 16.6. The third kappa shape index (κ3) is 6.70. The van der Waals surface area contributed by atoms with Gasteiger partial charge in [-0.05, 0) is 26.2 Å². The standard InChI is InChI=1S/C21H38N6O4/c1-4-31-21(29)26-8-5-17(6-9-26)23-20(22-15-19(28)24(2)3)27-10-7-18(16-27)25-11-13-30-14-12-25/h17-18H,4-16H2,1-3H3,(H,22,23). The van der Waals surface area contributed by atoms with Gasteiger partial charge in [0.25, 0.3) is 0 Å². The molecule has 10 heteroatoms. The molecule has 0 radical (unpaired) electrons. The average molecular weight is 439 g/mol. The topological polar surface area (TPSA) is 89.9 Å². The summed E-state index contributed by atoms with van der Waals surface area (Å²) in [6, 6.07) is 0.715. The third-order valence-electron chi connectivity index (χ3n) is 6.24. The molecule has 3 saturated heterocycles. The van der Waals surface area contributed by atoms with E-state index >= 15 is 0 Å². The van der Waals surface area contributed by atoms with E-state index in [9.17, 15) is 9.59 Å². The van der Waals surface area contributed by atoms with E-state index in [1.807, 2.05) is 6.92 Å². The van der Waals surface area contributed by atoms with Gasteiger partial charge in [-0.3, -0.25) is 9.69 Å². The molecule has 0 bridgehead atoms. The number of amides is 2. The van der Waals surface area contributed by atoms with E-state index in [-0.39, 0.29) is 24.6 Å². The maximum atomic E-state index is 12.1. The molecule has 3 heterocycles. The molecule has 1 atom stereocenters. The Morgan fingerprint density at radius 3 is 2.39 bits per heavy atom. The van der Waals surface area contributed by atoms with E-state index in [0.717, 1.165) is 64.6 Å². The van der Waals surface area contributed by atoms with Gasteiger partial charge in [-0.2, -0.15) is 0 Å². The number of guanidine groups is 1. The predicted molar refractivity (Wildman–Crippen MR) is 118 cm³/mol. The molecule has 3 aliphatic heterocycles. The first-order valence-electron chi connectivity index (χ1n) is 11.5. The minimum Gasteiger partial charge on any atom is -0.450 e. The van der Waals surface area contributed by atoms with Crippen LogP contribution in [0.3, 0.4) is 0 Å². The maximum Gasteiger partial charge on any atom is 0.409 e. The summed E-state index contributed by atoms with van der Waals surface area (Å²) in [7, 11) is 3.50. The number of ether oxygens (including phenoxy) is 2. The van der Waals surface area contributed by atoms with Crippen molar-refractivity contribution in [1.29, 1.82) is 0 Å². The Hall–Kier alpha value is -2.07. The second-order valence-electron chi connectivity index (χ2n) is 8.57. The smallest absolute Gasteiger partial charge is 0.409 e. The van der Waals surface area contributed by atoms with Gasteiger partial charge in [0.1, 0.15) is 6.54 Å². The van der Waals surface area contributed by atoms with E-state index in [1.54, 1.807) is 23.9 Å². The number of rotatable bonds is 5. The fraction of sp³-hybridized carbons (Fsp3) is 0.857. The lowest BCUT2D eigenvalue weighted by molar-refractivity contribution is -0.127. The second-order valence-corrected chi connectivity index (χ2v) is 8.57. The summed E-state index contributed by atoms with van der Waals surface area (Å²) in [5.74, 6) is 0.793. The van der Waals surface area contributed by atoms with E-state index in [1.165, 1.54) is 0 Å². The molecule has 0 aromatic heterocycles. The van der Waals surface area contributed by atoms with Crippen molar-refractivity contribution in [2.45, 2.75) is 38.3 Å². The predicted octanol–water partition coefficient (Wildman–Crippen LogP) is 0.0476. The minimum absolute atomic E-state index is 0.0136. The number of carbonyl (C=O) groups excluding carboxylic acids is 2. The van der Waals surface area contributed by atoms with Crippen LogP contribution in [-0.4, -0.2) is 129 Å². The highest BCUT2D eigenvalue weighted by Gasteiger charge is 2.32. The number of likely N-dealkylation sites (N-methyl/N-ethyl adjacent to an activating group) is 1. The van der Waals surface area contributed by atoms with E-state index in [2.05, 4.69) is 20.1 Å². The first kappa shape index (κ1) is 23.6. The fourth-order valence-electron chi connectivity index (χ4n) is 4.30. The van der Waals surface area contributed by atoms with Crippen molar-refractivity contribution < 1.29 is 19.1 Å². The van der Waals surface area contributed by atoms with Crippen LogP contribution in [0.25, 0.3) is 0 Å². The van der Waals surface area contributed by atoms with Gasteiger partial charge in [0.15, 0.2) is 5.96 Å². The normalized spacial score (nSPS) is 23.7. The van der Waals surface area contributed by atoms with Crippen LogP contribution in [0.15, 0.2) is 4.99 Å². The summed E-state index contributed by atoms with van der Waals surface area (Å²) in [5, 5.41) is 3.59. The quantitative estimate of drug-likeness (QED) is 0.479. The van der Waals surface area contributed by atoms with Crippen LogP contribution in [-0.2, 0) is 14.3 Å². The molecule has 2 amide bonds. The van der Waals surface area contributed by atoms with Crippen molar-refractivity contribution in [2.24, 2.45) is 4.99 Å². The van der Waals surface area contributed by atoms with Gasteiger partial charge in [0.2, 0.25) is 5.91 Å². The lowest BCUT2D eigenvalue weighted by Crippen LogP contribution is -2.51. The van der Waals surface area contributed by atoms with Crippen LogP contribution in [0.4, 0.5) is 4.79 Å². The molecule has 0 aliphatic carbocycles. The maximum absolute atomic E-state index is 12.1. The number of nitrogens with one attached hydrogen (secondary N) is 1. The monoisotopic (exact) mass is 438 g/mol. The molecule has 0 saturated carbocycles. The first-order chi connectivity index (χ1) is 15.0. The molecule has 1 unspecified atom stereocenters. The number of hydrogen-bond donors (Lipinski definition) is 1. The largest absolute Gasteiger partial charge is 0.450 e. The lowest BCUT2D eigenvalue weighted by Gasteiger charge is -2.35. The van der Waals surface area contributed by atoms with Crippen LogP contribution < -0.4 is 5.32 Å². The van der Waals surface area contributed by atoms with E-state index in [0.29, 0.717) is 25.7 Å². The molecule has 3 rings (SSSR count). The molecule has 10 nitrogen and oxygen atoms in total. The van der Waals surface area contributed by atoms with E-state index in [4.69, 9.17) is 9.47 Å². The van der Waals surface area contributed by atoms with Crippen LogP contribution in [0, 0.1) is 0 Å². The molecular formula is C21H38N6O4. The highest BCUT2D eigenvalue weighted by Crippen LogP contribution is 2.18. The van der Waals surface area contributed by atoms with Gasteiger partial charge in [0, 0.05) is 65.4 Å². The molecular weight excluding hydrogens is 400 g/mol. The SMILES string of the molecule is CCOC(=O)N1CCC(NC(=NCC(=O)N(C)C)N2CCC(N3CCOCC3)C2)CC1. The van der Waals surface area contributed by atoms with Gasteiger partial charge in [-0.15, -0.1) is 0 Å². The zero-order valence-corrected chi connectivity index (χ0v) is 19.2. The summed E-state index contributed by atoms with van der Waals surface area (Å²) in [4.78, 5) is 36.9. The molecule has 176 valence electrons. The Labute approximate surface area is 185 Å². The zero-order chi connectivity index (χ0) is 22.2. The lowest BCUT2D eigenvalue weighted by atomic mass is 10.1. The second kappa shape index (κ2) is 11.5. The Morgan fingerprint density at radius 1 is 1.06 bits per heavy atom. The van der Waals surface area contributed by atoms with Crippen molar-refractivity contribution in [2.75, 3.05) is 79.7 Å². The number of hydrogen-bond acceptors (Lipinski definition) is 6. The third-order valence-corrected chi connectivity index (χ3v) is 6.24. The van der Waals surface area contributed by atoms with Crippen molar-refractivity contribution in [3.63, 3.8) is 0 Å². The molecule has 3 fully saturated rings. The Balaban J connectivity index is 1.59. The number of aliphatic imine (C=N–C) groups is 1. The van der Waals surface area contributed by atoms with Gasteiger partial charge >= 0.3 is 6.09 Å². The molecule has 3 aliphatic rings. The van der Waals surface area contributed by atoms with Crippen molar-refractivity contribution in [1.82, 2.24) is 24.9 Å². The number of carbonyl (C=O) groups is 2. The summed E-state index contributed by atoms with van der Waals surface area (Å²) in [6.07, 6.45) is 2.52. The Kier molecular flexibility index (Phi) is 8.77. The van der Waals surface area contributed by atoms with Gasteiger partial charge in [-0.1, -0.05) is 0 Å². The van der Waals surface area contributed by atoms with Crippen molar-refractivity contribution in [3.8, 4) is 0 Å². The van der Waals surface area contributed by atoms with Crippen LogP contribution in [0.5, 0.6) is 0 Å². The number of morpholine rings is 1. The van der Waals surface area contributed by atoms with Gasteiger partial charge in [-0.25, -0.2) is 9.79 Å². The molecule has 0 aromatic carbocycles. The number of likely N-dealkylation sites (tertiary alicyclic amines) is 2. The van der Waals surface area contributed by atoms with Crippen LogP contribution in [0.1, 0.15) is 26.2 Å². The summed E-state index contributed by atoms with van der Waals surface area (Å²) >= 11 is 0. The van der Waals surface area contributed by atoms with E-state index < -0.39 is 0 Å². The molecule has 0 spiro atoms. The minimum atomic E-state index is -0.237. The fourth-order valence-corrected chi connectivity index (χ4v) is 4.30. The molecule has 1 N–H and O–H groups in total. The first-order valence-corrected chi connectivity index (χ1v) is 11.5. The Bertz CT molecular complexity index is 629. The molecule has 0 aromatic rings. The number of nitrogens with zero attached hydrogens (tertiary/aromatic N) is 5.